The van der Waals surface area contributed by atoms with Gasteiger partial charge in [0.2, 0.25) is 0 Å². The number of hydrogen-bond acceptors (Lipinski definition) is 4. The van der Waals surface area contributed by atoms with Crippen LogP contribution in [0.5, 0.6) is 0 Å². The average Bonchev–Trinajstić information content (AvgIpc) is 2.63. The fraction of sp³-hybridized carbons (Fsp3) is 0.222. The van der Waals surface area contributed by atoms with Gasteiger partial charge in [-0.15, -0.1) is 0 Å². The molecule has 0 atom stereocenters. The number of nitrogens with zero attached hydrogens (tertiary/aromatic N) is 4. The minimum absolute atomic E-state index is 0.495. The maximum Gasteiger partial charge on any atom is 0.169 e. The smallest absolute Gasteiger partial charge is 0.169 e. The maximum atomic E-state index is 6.00. The van der Waals surface area contributed by atoms with Gasteiger partial charge < -0.3 is 5.32 Å². The SMILES string of the molecule is Cn1cnc(CNc2ncc(Br)cc2Cl)n1. The van der Waals surface area contributed by atoms with Crippen molar-refractivity contribution in [2.24, 2.45) is 7.05 Å². The molecule has 0 spiro atoms. The molecule has 0 fully saturated rings. The van der Waals surface area contributed by atoms with Crippen molar-refractivity contribution in [3.63, 3.8) is 0 Å². The molecule has 0 aromatic carbocycles. The fourth-order valence-corrected chi connectivity index (χ4v) is 1.87. The molecule has 0 aliphatic heterocycles. The van der Waals surface area contributed by atoms with Crippen LogP contribution >= 0.6 is 27.5 Å². The van der Waals surface area contributed by atoms with Crippen molar-refractivity contribution < 1.29 is 0 Å². The Balaban J connectivity index is 2.04. The van der Waals surface area contributed by atoms with Crippen LogP contribution in [0, 0.1) is 0 Å². The van der Waals surface area contributed by atoms with Crippen molar-refractivity contribution in [3.05, 3.63) is 33.9 Å². The highest BCUT2D eigenvalue weighted by Gasteiger charge is 2.04. The van der Waals surface area contributed by atoms with E-state index in [0.29, 0.717) is 23.2 Å². The number of rotatable bonds is 3. The van der Waals surface area contributed by atoms with Gasteiger partial charge in [-0.3, -0.25) is 4.68 Å². The summed E-state index contributed by atoms with van der Waals surface area (Å²) in [5, 5.41) is 7.76. The number of aromatic nitrogens is 4. The molecule has 5 nitrogen and oxygen atoms in total. The first-order valence-electron chi connectivity index (χ1n) is 4.54. The van der Waals surface area contributed by atoms with Crippen LogP contribution in [0.4, 0.5) is 5.82 Å². The molecular formula is C9H9BrClN5. The monoisotopic (exact) mass is 301 g/mol. The Kier molecular flexibility index (Phi) is 3.40. The highest BCUT2D eigenvalue weighted by Crippen LogP contribution is 2.22. The summed E-state index contributed by atoms with van der Waals surface area (Å²) < 4.78 is 2.49. The number of halogens is 2. The Bertz CT molecular complexity index is 498. The lowest BCUT2D eigenvalue weighted by molar-refractivity contribution is 0.747. The first-order valence-corrected chi connectivity index (χ1v) is 5.71. The molecule has 2 aromatic heterocycles. The molecule has 2 heterocycles. The molecule has 84 valence electrons. The van der Waals surface area contributed by atoms with Gasteiger partial charge in [-0.2, -0.15) is 5.10 Å². The number of anilines is 1. The van der Waals surface area contributed by atoms with E-state index in [1.54, 1.807) is 23.3 Å². The summed E-state index contributed by atoms with van der Waals surface area (Å²) in [5.74, 6) is 1.32. The Labute approximate surface area is 106 Å². The second-order valence-electron chi connectivity index (χ2n) is 3.17. The molecule has 1 N–H and O–H groups in total. The number of pyridine rings is 1. The van der Waals surface area contributed by atoms with Gasteiger partial charge in [0, 0.05) is 17.7 Å². The topological polar surface area (TPSA) is 55.6 Å². The molecule has 7 heteroatoms. The lowest BCUT2D eigenvalue weighted by atomic mass is 10.4. The normalized spacial score (nSPS) is 10.4. The van der Waals surface area contributed by atoms with Crippen molar-refractivity contribution in [3.8, 4) is 0 Å². The third-order valence-electron chi connectivity index (χ3n) is 1.87. The van der Waals surface area contributed by atoms with E-state index in [1.807, 2.05) is 7.05 Å². The molecule has 2 rings (SSSR count). The van der Waals surface area contributed by atoms with E-state index in [4.69, 9.17) is 11.6 Å². The van der Waals surface area contributed by atoms with Crippen molar-refractivity contribution in [2.45, 2.75) is 6.54 Å². The van der Waals surface area contributed by atoms with E-state index in [1.165, 1.54) is 0 Å². The summed E-state index contributed by atoms with van der Waals surface area (Å²) >= 11 is 9.29. The Morgan fingerprint density at radius 2 is 2.31 bits per heavy atom. The molecule has 0 bridgehead atoms. The lowest BCUT2D eigenvalue weighted by Gasteiger charge is -2.04. The third-order valence-corrected chi connectivity index (χ3v) is 2.59. The van der Waals surface area contributed by atoms with E-state index >= 15 is 0 Å². The second kappa shape index (κ2) is 4.80. The molecule has 0 radical (unpaired) electrons. The molecule has 0 saturated carbocycles. The molecule has 2 aromatic rings. The largest absolute Gasteiger partial charge is 0.361 e. The second-order valence-corrected chi connectivity index (χ2v) is 4.49. The highest BCUT2D eigenvalue weighted by atomic mass is 79.9. The van der Waals surface area contributed by atoms with Crippen LogP contribution in [-0.2, 0) is 13.6 Å². The van der Waals surface area contributed by atoms with Crippen molar-refractivity contribution >= 4 is 33.3 Å². The van der Waals surface area contributed by atoms with Crippen LogP contribution in [0.15, 0.2) is 23.1 Å². The van der Waals surface area contributed by atoms with Gasteiger partial charge in [-0.25, -0.2) is 9.97 Å². The minimum Gasteiger partial charge on any atom is -0.361 e. The van der Waals surface area contributed by atoms with Gasteiger partial charge in [0.1, 0.15) is 12.1 Å². The number of aryl methyl sites for hydroxylation is 1. The minimum atomic E-state index is 0.495. The van der Waals surface area contributed by atoms with Crippen molar-refractivity contribution in [1.29, 1.82) is 0 Å². The summed E-state index contributed by atoms with van der Waals surface area (Å²) in [6.07, 6.45) is 3.33. The van der Waals surface area contributed by atoms with Gasteiger partial charge in [-0.05, 0) is 22.0 Å². The van der Waals surface area contributed by atoms with Crippen LogP contribution in [0.2, 0.25) is 5.02 Å². The first kappa shape index (κ1) is 11.3. The predicted octanol–water partition coefficient (Wildman–Crippen LogP) is 2.24. The van der Waals surface area contributed by atoms with E-state index in [-0.39, 0.29) is 0 Å². The first-order chi connectivity index (χ1) is 7.65. The molecule has 0 aliphatic rings. The summed E-state index contributed by atoms with van der Waals surface area (Å²) in [7, 11) is 1.82. The number of nitrogens with one attached hydrogen (secondary N) is 1. The van der Waals surface area contributed by atoms with E-state index in [2.05, 4.69) is 36.3 Å². The van der Waals surface area contributed by atoms with Crippen LogP contribution < -0.4 is 5.32 Å². The quantitative estimate of drug-likeness (QED) is 0.945. The third kappa shape index (κ3) is 2.70. The highest BCUT2D eigenvalue weighted by molar-refractivity contribution is 9.10. The standard InChI is InChI=1S/C9H9BrClN5/c1-16-5-14-8(15-16)4-13-9-7(11)2-6(10)3-12-9/h2-3,5H,4H2,1H3,(H,12,13). The number of hydrogen-bond donors (Lipinski definition) is 1. The summed E-state index contributed by atoms with van der Waals surface area (Å²) in [5.41, 5.74) is 0. The summed E-state index contributed by atoms with van der Waals surface area (Å²) in [4.78, 5) is 8.23. The molecule has 0 saturated heterocycles. The van der Waals surface area contributed by atoms with E-state index < -0.39 is 0 Å². The van der Waals surface area contributed by atoms with Crippen molar-refractivity contribution in [2.75, 3.05) is 5.32 Å². The lowest BCUT2D eigenvalue weighted by Crippen LogP contribution is -2.04. The summed E-state index contributed by atoms with van der Waals surface area (Å²) in [6, 6.07) is 1.78. The average molecular weight is 303 g/mol. The maximum absolute atomic E-state index is 6.00. The van der Waals surface area contributed by atoms with E-state index in [9.17, 15) is 0 Å². The van der Waals surface area contributed by atoms with Crippen molar-refractivity contribution in [1.82, 2.24) is 19.7 Å². The molecule has 16 heavy (non-hydrogen) atoms. The molecular weight excluding hydrogens is 293 g/mol. The molecule has 0 unspecified atom stereocenters. The van der Waals surface area contributed by atoms with Gasteiger partial charge in [0.25, 0.3) is 0 Å². The van der Waals surface area contributed by atoms with E-state index in [0.717, 1.165) is 4.47 Å². The van der Waals surface area contributed by atoms with Crippen LogP contribution in [0.25, 0.3) is 0 Å². The van der Waals surface area contributed by atoms with Gasteiger partial charge in [-0.1, -0.05) is 11.6 Å². The Morgan fingerprint density at radius 1 is 1.50 bits per heavy atom. The zero-order chi connectivity index (χ0) is 11.5. The fourth-order valence-electron chi connectivity index (χ4n) is 1.17. The van der Waals surface area contributed by atoms with Crippen LogP contribution in [0.1, 0.15) is 5.82 Å². The zero-order valence-electron chi connectivity index (χ0n) is 8.48. The van der Waals surface area contributed by atoms with Gasteiger partial charge in [0.15, 0.2) is 5.82 Å². The molecule has 0 aliphatic carbocycles. The Morgan fingerprint density at radius 3 is 2.94 bits per heavy atom. The van der Waals surface area contributed by atoms with Gasteiger partial charge in [0.05, 0.1) is 11.6 Å². The predicted molar refractivity (Wildman–Crippen MR) is 65.3 cm³/mol. The summed E-state index contributed by atoms with van der Waals surface area (Å²) in [6.45, 7) is 0.495. The van der Waals surface area contributed by atoms with Crippen LogP contribution in [-0.4, -0.2) is 19.7 Å². The van der Waals surface area contributed by atoms with Gasteiger partial charge >= 0.3 is 0 Å². The van der Waals surface area contributed by atoms with Crippen LogP contribution in [0.3, 0.4) is 0 Å². The Hall–Kier alpha value is -1.14. The molecule has 0 amide bonds. The zero-order valence-corrected chi connectivity index (χ0v) is 10.8.